The Morgan fingerprint density at radius 1 is 1.29 bits per heavy atom. The van der Waals surface area contributed by atoms with Crippen LogP contribution in [0.4, 0.5) is 10.7 Å². The highest BCUT2D eigenvalue weighted by molar-refractivity contribution is 7.18. The van der Waals surface area contributed by atoms with Crippen LogP contribution in [0.2, 0.25) is 0 Å². The molecule has 2 fully saturated rings. The molecule has 4 nitrogen and oxygen atoms in total. The summed E-state index contributed by atoms with van der Waals surface area (Å²) in [6.07, 6.45) is 5.12. The minimum absolute atomic E-state index is 0.0353. The van der Waals surface area contributed by atoms with Gasteiger partial charge in [-0.1, -0.05) is 0 Å². The highest BCUT2D eigenvalue weighted by Crippen LogP contribution is 2.52. The molecule has 1 aromatic rings. The molecule has 0 saturated heterocycles. The van der Waals surface area contributed by atoms with Crippen molar-refractivity contribution in [1.29, 1.82) is 0 Å². The Hall–Kier alpha value is -1.23. The first kappa shape index (κ1) is 14.7. The summed E-state index contributed by atoms with van der Waals surface area (Å²) >= 11 is 1.60. The lowest BCUT2D eigenvalue weighted by Crippen LogP contribution is -2.25. The highest BCUT2D eigenvalue weighted by atomic mass is 32.1. The first-order chi connectivity index (χ1) is 10.0. The van der Waals surface area contributed by atoms with E-state index in [1.165, 1.54) is 36.2 Å². The Morgan fingerprint density at radius 3 is 2.43 bits per heavy atom. The van der Waals surface area contributed by atoms with Crippen molar-refractivity contribution in [3.8, 4) is 0 Å². The van der Waals surface area contributed by atoms with Gasteiger partial charge in [-0.2, -0.15) is 0 Å². The third kappa shape index (κ3) is 2.89. The Labute approximate surface area is 130 Å². The quantitative estimate of drug-likeness (QED) is 0.878. The molecule has 0 aliphatic heterocycles. The average molecular weight is 307 g/mol. The van der Waals surface area contributed by atoms with Crippen molar-refractivity contribution < 1.29 is 4.79 Å². The summed E-state index contributed by atoms with van der Waals surface area (Å²) in [4.78, 5) is 17.2. The van der Waals surface area contributed by atoms with Crippen molar-refractivity contribution in [1.82, 2.24) is 4.90 Å². The minimum atomic E-state index is 0.0353. The highest BCUT2D eigenvalue weighted by Gasteiger charge is 2.35. The first-order valence-corrected chi connectivity index (χ1v) is 8.73. The number of nitrogens with zero attached hydrogens (tertiary/aromatic N) is 2. The minimum Gasteiger partial charge on any atom is -0.397 e. The summed E-state index contributed by atoms with van der Waals surface area (Å²) < 4.78 is 0. The van der Waals surface area contributed by atoms with Crippen molar-refractivity contribution in [2.24, 2.45) is 5.92 Å². The molecule has 0 spiro atoms. The Bertz CT molecular complexity index is 544. The summed E-state index contributed by atoms with van der Waals surface area (Å²) in [7, 11) is 3.58. The summed E-state index contributed by atoms with van der Waals surface area (Å²) in [5, 5.41) is 1.26. The van der Waals surface area contributed by atoms with Gasteiger partial charge in [0.15, 0.2) is 0 Å². The molecule has 3 rings (SSSR count). The molecule has 1 aromatic heterocycles. The van der Waals surface area contributed by atoms with E-state index in [9.17, 15) is 4.79 Å². The summed E-state index contributed by atoms with van der Waals surface area (Å²) in [6.45, 7) is 4.31. The summed E-state index contributed by atoms with van der Waals surface area (Å²) in [5.41, 5.74) is 8.36. The molecule has 0 radical (unpaired) electrons. The van der Waals surface area contributed by atoms with Crippen LogP contribution in [0.3, 0.4) is 0 Å². The number of hydrogen-bond donors (Lipinski definition) is 1. The Balaban J connectivity index is 1.97. The number of thiophene rings is 1. The van der Waals surface area contributed by atoms with E-state index in [0.29, 0.717) is 5.92 Å². The fourth-order valence-corrected chi connectivity index (χ4v) is 4.18. The third-order valence-electron chi connectivity index (χ3n) is 4.39. The second-order valence-electron chi connectivity index (χ2n) is 6.52. The molecule has 1 amide bonds. The van der Waals surface area contributed by atoms with Gasteiger partial charge in [0.2, 0.25) is 0 Å². The van der Waals surface area contributed by atoms with Gasteiger partial charge in [-0.15, -0.1) is 11.3 Å². The van der Waals surface area contributed by atoms with Crippen LogP contribution in [-0.2, 0) is 0 Å². The number of carbonyl (C=O) groups is 1. The van der Waals surface area contributed by atoms with Crippen LogP contribution in [0.1, 0.15) is 53.8 Å². The van der Waals surface area contributed by atoms with Crippen LogP contribution in [0, 0.1) is 5.92 Å². The maximum atomic E-state index is 12.4. The smallest absolute Gasteiger partial charge is 0.265 e. The van der Waals surface area contributed by atoms with E-state index in [2.05, 4.69) is 11.8 Å². The van der Waals surface area contributed by atoms with Gasteiger partial charge < -0.3 is 15.5 Å². The van der Waals surface area contributed by atoms with E-state index < -0.39 is 0 Å². The van der Waals surface area contributed by atoms with Crippen molar-refractivity contribution in [2.75, 3.05) is 37.8 Å². The molecule has 0 bridgehead atoms. The first-order valence-electron chi connectivity index (χ1n) is 7.91. The maximum Gasteiger partial charge on any atom is 0.265 e. The molecule has 2 saturated carbocycles. The molecule has 0 atom stereocenters. The molecule has 21 heavy (non-hydrogen) atoms. The summed E-state index contributed by atoms with van der Waals surface area (Å²) in [6, 6.07) is 0. The van der Waals surface area contributed by atoms with Crippen LogP contribution in [-0.4, -0.2) is 38.0 Å². The molecule has 5 heteroatoms. The third-order valence-corrected chi connectivity index (χ3v) is 5.66. The van der Waals surface area contributed by atoms with Crippen LogP contribution in [0.15, 0.2) is 0 Å². The molecular weight excluding hydrogens is 282 g/mol. The van der Waals surface area contributed by atoms with Gasteiger partial charge in [0.1, 0.15) is 4.88 Å². The molecular formula is C16H25N3OS. The van der Waals surface area contributed by atoms with Gasteiger partial charge >= 0.3 is 0 Å². The zero-order valence-electron chi connectivity index (χ0n) is 13.2. The number of nitrogens with two attached hydrogens (primary N) is 1. The SMILES string of the molecule is CCN(CC1CC1)c1sc(C(=O)N(C)C)c(N)c1C1CC1. The normalized spacial score (nSPS) is 17.9. The van der Waals surface area contributed by atoms with E-state index in [1.807, 2.05) is 0 Å². The Kier molecular flexibility index (Phi) is 3.86. The predicted octanol–water partition coefficient (Wildman–Crippen LogP) is 3.15. The lowest BCUT2D eigenvalue weighted by Gasteiger charge is -2.23. The van der Waals surface area contributed by atoms with Gasteiger partial charge in [0, 0.05) is 32.7 Å². The number of hydrogen-bond acceptors (Lipinski definition) is 4. The van der Waals surface area contributed by atoms with E-state index >= 15 is 0 Å². The molecule has 2 N–H and O–H groups in total. The van der Waals surface area contributed by atoms with Gasteiger partial charge in [0.25, 0.3) is 5.91 Å². The van der Waals surface area contributed by atoms with E-state index in [-0.39, 0.29) is 5.91 Å². The molecule has 116 valence electrons. The van der Waals surface area contributed by atoms with Crippen LogP contribution in [0.25, 0.3) is 0 Å². The number of amides is 1. The van der Waals surface area contributed by atoms with E-state index in [4.69, 9.17) is 5.73 Å². The number of rotatable bonds is 6. The second-order valence-corrected chi connectivity index (χ2v) is 7.52. The van der Waals surface area contributed by atoms with Crippen molar-refractivity contribution >= 4 is 27.9 Å². The standard InChI is InChI=1S/C16H25N3OS/c1-4-19(9-10-5-6-10)16-12(11-7-8-11)13(17)14(21-16)15(20)18(2)3/h10-11H,4-9,17H2,1-3H3. The largest absolute Gasteiger partial charge is 0.397 e. The van der Waals surface area contributed by atoms with Crippen LogP contribution in [0.5, 0.6) is 0 Å². The van der Waals surface area contributed by atoms with Gasteiger partial charge in [-0.3, -0.25) is 4.79 Å². The molecule has 2 aliphatic rings. The number of carbonyl (C=O) groups excluding carboxylic acids is 1. The average Bonchev–Trinajstić information content (AvgIpc) is 3.35. The van der Waals surface area contributed by atoms with E-state index in [0.717, 1.165) is 29.6 Å². The summed E-state index contributed by atoms with van der Waals surface area (Å²) in [5.74, 6) is 1.45. The van der Waals surface area contributed by atoms with Crippen LogP contribution < -0.4 is 10.6 Å². The molecule has 0 aromatic carbocycles. The fourth-order valence-electron chi connectivity index (χ4n) is 2.78. The number of nitrogen functional groups attached to an aromatic ring is 1. The second kappa shape index (κ2) is 5.52. The van der Waals surface area contributed by atoms with Crippen molar-refractivity contribution in [2.45, 2.75) is 38.5 Å². The zero-order valence-corrected chi connectivity index (χ0v) is 14.0. The number of anilines is 2. The van der Waals surface area contributed by atoms with Gasteiger partial charge in [-0.25, -0.2) is 0 Å². The van der Waals surface area contributed by atoms with Gasteiger partial charge in [-0.05, 0) is 44.4 Å². The topological polar surface area (TPSA) is 49.6 Å². The van der Waals surface area contributed by atoms with Crippen molar-refractivity contribution in [3.63, 3.8) is 0 Å². The van der Waals surface area contributed by atoms with Gasteiger partial charge in [0.05, 0.1) is 10.7 Å². The molecule has 0 unspecified atom stereocenters. The molecule has 2 aliphatic carbocycles. The lowest BCUT2D eigenvalue weighted by atomic mass is 10.1. The maximum absolute atomic E-state index is 12.4. The monoisotopic (exact) mass is 307 g/mol. The van der Waals surface area contributed by atoms with Crippen LogP contribution >= 0.6 is 11.3 Å². The van der Waals surface area contributed by atoms with E-state index in [1.54, 1.807) is 30.3 Å². The molecule has 1 heterocycles. The lowest BCUT2D eigenvalue weighted by molar-refractivity contribution is 0.0833. The zero-order chi connectivity index (χ0) is 15.1. The van der Waals surface area contributed by atoms with Crippen molar-refractivity contribution in [3.05, 3.63) is 10.4 Å². The fraction of sp³-hybridized carbons (Fsp3) is 0.688. The Morgan fingerprint density at radius 2 is 1.95 bits per heavy atom. The predicted molar refractivity (Wildman–Crippen MR) is 89.3 cm³/mol.